The molecule has 0 rings (SSSR count). The number of nitrogens with one attached hydrogen (secondary N) is 1. The van der Waals surface area contributed by atoms with Gasteiger partial charge in [0.15, 0.2) is 0 Å². The zero-order chi connectivity index (χ0) is 11.0. The zero-order valence-electron chi connectivity index (χ0n) is 9.97. The van der Waals surface area contributed by atoms with Crippen LogP contribution in [0.2, 0.25) is 0 Å². The summed E-state index contributed by atoms with van der Waals surface area (Å²) in [6.45, 7) is 5.02. The van der Waals surface area contributed by atoms with E-state index in [0.29, 0.717) is 0 Å². The highest BCUT2D eigenvalue weighted by molar-refractivity contribution is 5.81. The van der Waals surface area contributed by atoms with Crippen molar-refractivity contribution in [2.75, 3.05) is 20.6 Å². The van der Waals surface area contributed by atoms with Crippen LogP contribution < -0.4 is 5.32 Å². The molecule has 0 radical (unpaired) electrons. The smallest absolute Gasteiger partial charge is 0.237 e. The molecule has 84 valence electrons. The molecular weight excluding hydrogens is 176 g/mol. The van der Waals surface area contributed by atoms with Crippen LogP contribution in [0.4, 0.5) is 0 Å². The van der Waals surface area contributed by atoms with Gasteiger partial charge in [0.1, 0.15) is 0 Å². The van der Waals surface area contributed by atoms with Gasteiger partial charge < -0.3 is 5.32 Å². The van der Waals surface area contributed by atoms with Crippen LogP contribution in [0.1, 0.15) is 39.5 Å². The van der Waals surface area contributed by atoms with E-state index >= 15 is 0 Å². The molecule has 0 bridgehead atoms. The molecular formula is C11H24N2O. The Balaban J connectivity index is 3.70. The molecule has 14 heavy (non-hydrogen) atoms. The van der Waals surface area contributed by atoms with E-state index in [0.717, 1.165) is 19.4 Å². The number of nitrogens with zero attached hydrogens (tertiary/aromatic N) is 1. The fraction of sp³-hybridized carbons (Fsp3) is 0.909. The van der Waals surface area contributed by atoms with Gasteiger partial charge in [0.05, 0.1) is 6.04 Å². The first-order valence-corrected chi connectivity index (χ1v) is 5.57. The lowest BCUT2D eigenvalue weighted by Crippen LogP contribution is -2.43. The predicted octanol–water partition coefficient (Wildman–Crippen LogP) is 1.63. The highest BCUT2D eigenvalue weighted by atomic mass is 16.2. The molecule has 0 heterocycles. The van der Waals surface area contributed by atoms with Crippen molar-refractivity contribution >= 4 is 5.91 Å². The van der Waals surface area contributed by atoms with Crippen LogP contribution in [-0.4, -0.2) is 37.5 Å². The van der Waals surface area contributed by atoms with Crippen LogP contribution >= 0.6 is 0 Å². The van der Waals surface area contributed by atoms with Crippen LogP contribution in [0.25, 0.3) is 0 Å². The minimum absolute atomic E-state index is 0.0247. The molecule has 0 aromatic rings. The van der Waals surface area contributed by atoms with Gasteiger partial charge in [0, 0.05) is 6.54 Å². The SMILES string of the molecule is CCCCCNC(=O)C(CC)N(C)C. The molecule has 1 N–H and O–H groups in total. The molecule has 0 aliphatic heterocycles. The van der Waals surface area contributed by atoms with Gasteiger partial charge in [-0.25, -0.2) is 0 Å². The zero-order valence-corrected chi connectivity index (χ0v) is 9.97. The molecule has 0 aliphatic carbocycles. The normalized spacial score (nSPS) is 12.9. The van der Waals surface area contributed by atoms with E-state index in [-0.39, 0.29) is 11.9 Å². The van der Waals surface area contributed by atoms with Crippen LogP contribution in [-0.2, 0) is 4.79 Å². The van der Waals surface area contributed by atoms with Crippen molar-refractivity contribution in [2.24, 2.45) is 0 Å². The number of hydrogen-bond acceptors (Lipinski definition) is 2. The monoisotopic (exact) mass is 200 g/mol. The minimum Gasteiger partial charge on any atom is -0.355 e. The van der Waals surface area contributed by atoms with E-state index in [9.17, 15) is 4.79 Å². The Kier molecular flexibility index (Phi) is 7.48. The Hall–Kier alpha value is -0.570. The maximum Gasteiger partial charge on any atom is 0.237 e. The Bertz CT molecular complexity index is 157. The van der Waals surface area contributed by atoms with Crippen molar-refractivity contribution in [2.45, 2.75) is 45.6 Å². The predicted molar refractivity (Wildman–Crippen MR) is 60.3 cm³/mol. The summed E-state index contributed by atoms with van der Waals surface area (Å²) in [5, 5.41) is 2.97. The first-order valence-electron chi connectivity index (χ1n) is 5.57. The van der Waals surface area contributed by atoms with Gasteiger partial charge >= 0.3 is 0 Å². The van der Waals surface area contributed by atoms with Crippen LogP contribution in [0.3, 0.4) is 0 Å². The van der Waals surface area contributed by atoms with Gasteiger partial charge in [-0.15, -0.1) is 0 Å². The van der Waals surface area contributed by atoms with E-state index in [4.69, 9.17) is 0 Å². The summed E-state index contributed by atoms with van der Waals surface area (Å²) in [7, 11) is 3.89. The summed E-state index contributed by atoms with van der Waals surface area (Å²) < 4.78 is 0. The molecule has 0 aromatic carbocycles. The number of likely N-dealkylation sites (N-methyl/N-ethyl adjacent to an activating group) is 1. The largest absolute Gasteiger partial charge is 0.355 e. The first-order chi connectivity index (χ1) is 6.63. The van der Waals surface area contributed by atoms with Crippen molar-refractivity contribution in [3.63, 3.8) is 0 Å². The van der Waals surface area contributed by atoms with Crippen molar-refractivity contribution in [1.82, 2.24) is 10.2 Å². The van der Waals surface area contributed by atoms with E-state index < -0.39 is 0 Å². The molecule has 0 aromatic heterocycles. The number of unbranched alkanes of at least 4 members (excludes halogenated alkanes) is 2. The van der Waals surface area contributed by atoms with Crippen molar-refractivity contribution in [3.05, 3.63) is 0 Å². The lowest BCUT2D eigenvalue weighted by Gasteiger charge is -2.21. The summed E-state index contributed by atoms with van der Waals surface area (Å²) in [6, 6.07) is 0.0247. The Morgan fingerprint density at radius 2 is 1.93 bits per heavy atom. The minimum atomic E-state index is 0.0247. The Morgan fingerprint density at radius 1 is 1.29 bits per heavy atom. The lowest BCUT2D eigenvalue weighted by atomic mass is 10.2. The summed E-state index contributed by atoms with van der Waals surface area (Å²) in [6.07, 6.45) is 4.35. The van der Waals surface area contributed by atoms with Crippen LogP contribution in [0, 0.1) is 0 Å². The van der Waals surface area contributed by atoms with Crippen molar-refractivity contribution < 1.29 is 4.79 Å². The van der Waals surface area contributed by atoms with Gasteiger partial charge in [-0.3, -0.25) is 9.69 Å². The van der Waals surface area contributed by atoms with Crippen molar-refractivity contribution in [3.8, 4) is 0 Å². The average molecular weight is 200 g/mol. The maximum absolute atomic E-state index is 11.6. The molecule has 0 aliphatic rings. The Morgan fingerprint density at radius 3 is 2.36 bits per heavy atom. The lowest BCUT2D eigenvalue weighted by molar-refractivity contribution is -0.125. The molecule has 3 nitrogen and oxygen atoms in total. The highest BCUT2D eigenvalue weighted by Gasteiger charge is 2.17. The quantitative estimate of drug-likeness (QED) is 0.634. The standard InChI is InChI=1S/C11H24N2O/c1-5-7-8-9-12-11(14)10(6-2)13(3)4/h10H,5-9H2,1-4H3,(H,12,14). The third kappa shape index (κ3) is 5.22. The third-order valence-electron chi connectivity index (χ3n) is 2.39. The molecule has 1 unspecified atom stereocenters. The summed E-state index contributed by atoms with van der Waals surface area (Å²) >= 11 is 0. The second-order valence-corrected chi connectivity index (χ2v) is 3.89. The molecule has 0 saturated carbocycles. The average Bonchev–Trinajstić information content (AvgIpc) is 2.13. The van der Waals surface area contributed by atoms with E-state index in [1.54, 1.807) is 0 Å². The molecule has 3 heteroatoms. The first kappa shape index (κ1) is 13.4. The van der Waals surface area contributed by atoms with Gasteiger partial charge in [-0.05, 0) is 26.9 Å². The van der Waals surface area contributed by atoms with E-state index in [2.05, 4.69) is 12.2 Å². The third-order valence-corrected chi connectivity index (χ3v) is 2.39. The number of amides is 1. The van der Waals surface area contributed by atoms with Gasteiger partial charge in [-0.1, -0.05) is 26.7 Å². The number of hydrogen-bond donors (Lipinski definition) is 1. The van der Waals surface area contributed by atoms with Crippen LogP contribution in [0.15, 0.2) is 0 Å². The van der Waals surface area contributed by atoms with E-state index in [1.807, 2.05) is 25.9 Å². The molecule has 1 atom stereocenters. The molecule has 0 spiro atoms. The topological polar surface area (TPSA) is 32.3 Å². The maximum atomic E-state index is 11.6. The van der Waals surface area contributed by atoms with Crippen molar-refractivity contribution in [1.29, 1.82) is 0 Å². The van der Waals surface area contributed by atoms with Crippen LogP contribution in [0.5, 0.6) is 0 Å². The fourth-order valence-electron chi connectivity index (χ4n) is 1.49. The molecule has 0 fully saturated rings. The summed E-state index contributed by atoms with van der Waals surface area (Å²) in [5.41, 5.74) is 0. The molecule has 0 saturated heterocycles. The Labute approximate surface area is 87.9 Å². The van der Waals surface area contributed by atoms with E-state index in [1.165, 1.54) is 12.8 Å². The highest BCUT2D eigenvalue weighted by Crippen LogP contribution is 1.99. The molecule has 1 amide bonds. The second kappa shape index (κ2) is 7.80. The fourth-order valence-corrected chi connectivity index (χ4v) is 1.49. The summed E-state index contributed by atoms with van der Waals surface area (Å²) in [5.74, 6) is 0.161. The number of carbonyl (C=O) groups excluding carboxylic acids is 1. The van der Waals surface area contributed by atoms with Gasteiger partial charge in [-0.2, -0.15) is 0 Å². The number of rotatable bonds is 7. The van der Waals surface area contributed by atoms with Gasteiger partial charge in [0.2, 0.25) is 5.91 Å². The van der Waals surface area contributed by atoms with Gasteiger partial charge in [0.25, 0.3) is 0 Å². The summed E-state index contributed by atoms with van der Waals surface area (Å²) in [4.78, 5) is 13.6. The number of carbonyl (C=O) groups is 1. The second-order valence-electron chi connectivity index (χ2n) is 3.89.